The summed E-state index contributed by atoms with van der Waals surface area (Å²) in [7, 11) is 0. The van der Waals surface area contributed by atoms with Crippen LogP contribution in [0, 0.1) is 4.77 Å². The first kappa shape index (κ1) is 9.57. The second-order valence-corrected chi connectivity index (χ2v) is 4.19. The molecule has 0 saturated carbocycles. The van der Waals surface area contributed by atoms with Gasteiger partial charge in [-0.1, -0.05) is 6.07 Å². The first-order valence-electron chi connectivity index (χ1n) is 4.08. The van der Waals surface area contributed by atoms with Crippen LogP contribution in [0.4, 0.5) is 0 Å². The Morgan fingerprint density at radius 2 is 2.50 bits per heavy atom. The lowest BCUT2D eigenvalue weighted by Gasteiger charge is -2.01. The van der Waals surface area contributed by atoms with Crippen LogP contribution in [-0.4, -0.2) is 19.9 Å². The highest BCUT2D eigenvalue weighted by molar-refractivity contribution is 7.71. The number of nitrogens with one attached hydrogen (secondary N) is 1. The van der Waals surface area contributed by atoms with E-state index in [1.54, 1.807) is 15.9 Å². The van der Waals surface area contributed by atoms with E-state index in [4.69, 9.17) is 17.3 Å². The van der Waals surface area contributed by atoms with Gasteiger partial charge in [0.2, 0.25) is 0 Å². The Labute approximate surface area is 89.8 Å². The number of H-pyrrole nitrogens is 1. The summed E-state index contributed by atoms with van der Waals surface area (Å²) in [5.74, 6) is 0.573. The standard InChI is InChI=1S/C8H9N3OS2/c12-5-7-9-10-8(13)11(7)4-6-2-1-3-14-6/h1-3,12H,4-5H2,(H,10,13). The van der Waals surface area contributed by atoms with Gasteiger partial charge in [-0.3, -0.25) is 9.67 Å². The van der Waals surface area contributed by atoms with Crippen LogP contribution in [0.1, 0.15) is 10.7 Å². The molecule has 6 heteroatoms. The van der Waals surface area contributed by atoms with Crippen LogP contribution in [-0.2, 0) is 13.2 Å². The summed E-state index contributed by atoms with van der Waals surface area (Å²) in [5, 5.41) is 17.6. The summed E-state index contributed by atoms with van der Waals surface area (Å²) in [6.07, 6.45) is 0. The smallest absolute Gasteiger partial charge is 0.195 e. The van der Waals surface area contributed by atoms with Crippen molar-refractivity contribution >= 4 is 23.6 Å². The molecular weight excluding hydrogens is 218 g/mol. The lowest BCUT2D eigenvalue weighted by molar-refractivity contribution is 0.265. The molecule has 0 amide bonds. The molecule has 2 heterocycles. The third kappa shape index (κ3) is 1.77. The molecule has 0 spiro atoms. The van der Waals surface area contributed by atoms with Gasteiger partial charge in [-0.25, -0.2) is 0 Å². The maximum atomic E-state index is 9.01. The average Bonchev–Trinajstić information content (AvgIpc) is 2.79. The molecule has 0 atom stereocenters. The van der Waals surface area contributed by atoms with Crippen LogP contribution < -0.4 is 0 Å². The highest BCUT2D eigenvalue weighted by Crippen LogP contribution is 2.11. The summed E-state index contributed by atoms with van der Waals surface area (Å²) >= 11 is 6.71. The first-order chi connectivity index (χ1) is 6.81. The van der Waals surface area contributed by atoms with Gasteiger partial charge < -0.3 is 5.11 Å². The van der Waals surface area contributed by atoms with E-state index in [2.05, 4.69) is 10.2 Å². The van der Waals surface area contributed by atoms with Gasteiger partial charge in [0.15, 0.2) is 10.6 Å². The Kier molecular flexibility index (Phi) is 2.76. The molecule has 0 aliphatic carbocycles. The molecule has 2 aromatic rings. The molecule has 0 aliphatic rings. The molecule has 0 unspecified atom stereocenters. The van der Waals surface area contributed by atoms with Crippen LogP contribution in [0.25, 0.3) is 0 Å². The molecule has 2 aromatic heterocycles. The molecule has 0 radical (unpaired) electrons. The van der Waals surface area contributed by atoms with Gasteiger partial charge in [0.25, 0.3) is 0 Å². The minimum atomic E-state index is -0.0987. The van der Waals surface area contributed by atoms with Gasteiger partial charge in [-0.2, -0.15) is 5.10 Å². The Morgan fingerprint density at radius 3 is 3.14 bits per heavy atom. The Balaban J connectivity index is 2.32. The number of aromatic amines is 1. The van der Waals surface area contributed by atoms with Crippen molar-refractivity contribution in [3.63, 3.8) is 0 Å². The van der Waals surface area contributed by atoms with Crippen molar-refractivity contribution < 1.29 is 5.11 Å². The van der Waals surface area contributed by atoms with E-state index in [0.29, 0.717) is 17.1 Å². The van der Waals surface area contributed by atoms with E-state index < -0.39 is 0 Å². The lowest BCUT2D eigenvalue weighted by atomic mass is 10.4. The summed E-state index contributed by atoms with van der Waals surface area (Å²) in [6, 6.07) is 4.02. The number of aliphatic hydroxyl groups excluding tert-OH is 1. The zero-order valence-corrected chi connectivity index (χ0v) is 8.94. The molecule has 0 saturated heterocycles. The SMILES string of the molecule is OCc1n[nH]c(=S)n1Cc1cccs1. The molecule has 74 valence electrons. The third-order valence-corrected chi connectivity index (χ3v) is 3.05. The van der Waals surface area contributed by atoms with Crippen molar-refractivity contribution in [1.82, 2.24) is 14.8 Å². The van der Waals surface area contributed by atoms with Crippen molar-refractivity contribution in [3.05, 3.63) is 33.0 Å². The van der Waals surface area contributed by atoms with Crippen LogP contribution in [0.5, 0.6) is 0 Å². The minimum Gasteiger partial charge on any atom is -0.388 e. The maximum absolute atomic E-state index is 9.01. The number of rotatable bonds is 3. The van der Waals surface area contributed by atoms with Crippen molar-refractivity contribution in [2.45, 2.75) is 13.2 Å². The number of aromatic nitrogens is 3. The van der Waals surface area contributed by atoms with E-state index >= 15 is 0 Å². The van der Waals surface area contributed by atoms with Crippen molar-refractivity contribution in [2.75, 3.05) is 0 Å². The van der Waals surface area contributed by atoms with Crippen LogP contribution in [0.3, 0.4) is 0 Å². The van der Waals surface area contributed by atoms with Gasteiger partial charge >= 0.3 is 0 Å². The summed E-state index contributed by atoms with van der Waals surface area (Å²) < 4.78 is 2.34. The van der Waals surface area contributed by atoms with Gasteiger partial charge in [-0.15, -0.1) is 11.3 Å². The van der Waals surface area contributed by atoms with Crippen molar-refractivity contribution in [3.8, 4) is 0 Å². The van der Waals surface area contributed by atoms with E-state index in [-0.39, 0.29) is 6.61 Å². The van der Waals surface area contributed by atoms with Gasteiger partial charge in [0.05, 0.1) is 6.54 Å². The topological polar surface area (TPSA) is 53.8 Å². The average molecular weight is 227 g/mol. The Hall–Kier alpha value is -0.980. The Morgan fingerprint density at radius 1 is 1.64 bits per heavy atom. The summed E-state index contributed by atoms with van der Waals surface area (Å²) in [6.45, 7) is 0.571. The largest absolute Gasteiger partial charge is 0.388 e. The zero-order valence-electron chi connectivity index (χ0n) is 7.30. The Bertz CT molecular complexity index is 457. The summed E-state index contributed by atoms with van der Waals surface area (Å²) in [4.78, 5) is 1.19. The molecule has 0 aliphatic heterocycles. The van der Waals surface area contributed by atoms with Crippen LogP contribution in [0.15, 0.2) is 17.5 Å². The highest BCUT2D eigenvalue weighted by Gasteiger charge is 2.05. The fraction of sp³-hybridized carbons (Fsp3) is 0.250. The van der Waals surface area contributed by atoms with Gasteiger partial charge in [0, 0.05) is 4.88 Å². The fourth-order valence-electron chi connectivity index (χ4n) is 1.19. The monoisotopic (exact) mass is 227 g/mol. The minimum absolute atomic E-state index is 0.0987. The van der Waals surface area contributed by atoms with Gasteiger partial charge in [0.1, 0.15) is 6.61 Å². The van der Waals surface area contributed by atoms with Crippen LogP contribution in [0.2, 0.25) is 0 Å². The zero-order chi connectivity index (χ0) is 9.97. The van der Waals surface area contributed by atoms with E-state index in [9.17, 15) is 0 Å². The second kappa shape index (κ2) is 4.04. The number of nitrogens with zero attached hydrogens (tertiary/aromatic N) is 2. The fourth-order valence-corrected chi connectivity index (χ4v) is 2.10. The molecule has 0 aromatic carbocycles. The van der Waals surface area contributed by atoms with Crippen molar-refractivity contribution in [1.29, 1.82) is 0 Å². The number of aliphatic hydroxyl groups is 1. The number of hydrogen-bond donors (Lipinski definition) is 2. The van der Waals surface area contributed by atoms with E-state index in [1.165, 1.54) is 4.88 Å². The first-order valence-corrected chi connectivity index (χ1v) is 5.37. The molecular formula is C8H9N3OS2. The van der Waals surface area contributed by atoms with E-state index in [0.717, 1.165) is 0 Å². The quantitative estimate of drug-likeness (QED) is 0.782. The predicted octanol–water partition coefficient (Wildman–Crippen LogP) is 1.54. The molecule has 2 rings (SSSR count). The lowest BCUT2D eigenvalue weighted by Crippen LogP contribution is -2.04. The number of hydrogen-bond acceptors (Lipinski definition) is 4. The maximum Gasteiger partial charge on any atom is 0.195 e. The molecule has 4 nitrogen and oxygen atoms in total. The second-order valence-electron chi connectivity index (χ2n) is 2.77. The summed E-state index contributed by atoms with van der Waals surface area (Å²) in [5.41, 5.74) is 0. The molecule has 2 N–H and O–H groups in total. The molecule has 14 heavy (non-hydrogen) atoms. The van der Waals surface area contributed by atoms with Crippen molar-refractivity contribution in [2.24, 2.45) is 0 Å². The van der Waals surface area contributed by atoms with E-state index in [1.807, 2.05) is 17.5 Å². The normalized spacial score (nSPS) is 10.6. The number of thiophene rings is 1. The highest BCUT2D eigenvalue weighted by atomic mass is 32.1. The van der Waals surface area contributed by atoms with Gasteiger partial charge in [-0.05, 0) is 23.7 Å². The predicted molar refractivity (Wildman–Crippen MR) is 56.8 cm³/mol. The molecule has 0 bridgehead atoms. The third-order valence-electron chi connectivity index (χ3n) is 1.87. The molecule has 0 fully saturated rings. The van der Waals surface area contributed by atoms with Crippen LogP contribution >= 0.6 is 23.6 Å².